The van der Waals surface area contributed by atoms with Crippen LogP contribution in [-0.4, -0.2) is 29.9 Å². The third kappa shape index (κ3) is 5.82. The average molecular weight is 463 g/mol. The SMILES string of the molecule is Cc1cccc(OCCCCC(=O)Nc2cccc(C(=O)N3CCc4sccc4C3)c2C)c1. The number of amides is 2. The van der Waals surface area contributed by atoms with Gasteiger partial charge < -0.3 is 15.0 Å². The molecule has 0 unspecified atom stereocenters. The highest BCUT2D eigenvalue weighted by atomic mass is 32.1. The number of thiophene rings is 1. The van der Waals surface area contributed by atoms with Crippen LogP contribution in [-0.2, 0) is 17.8 Å². The highest BCUT2D eigenvalue weighted by Crippen LogP contribution is 2.27. The Hall–Kier alpha value is -3.12. The molecule has 1 N–H and O–H groups in total. The first-order chi connectivity index (χ1) is 16.0. The molecule has 0 radical (unpaired) electrons. The summed E-state index contributed by atoms with van der Waals surface area (Å²) in [6.45, 7) is 5.90. The molecule has 2 amide bonds. The molecule has 1 aliphatic rings. The van der Waals surface area contributed by atoms with Gasteiger partial charge in [-0.1, -0.05) is 18.2 Å². The first-order valence-corrected chi connectivity index (χ1v) is 12.3. The summed E-state index contributed by atoms with van der Waals surface area (Å²) < 4.78 is 5.75. The summed E-state index contributed by atoms with van der Waals surface area (Å²) in [4.78, 5) is 28.9. The van der Waals surface area contributed by atoms with Crippen LogP contribution < -0.4 is 10.1 Å². The van der Waals surface area contributed by atoms with Gasteiger partial charge in [0.2, 0.25) is 5.91 Å². The van der Waals surface area contributed by atoms with Crippen molar-refractivity contribution in [1.82, 2.24) is 4.90 Å². The number of fused-ring (bicyclic) bond motifs is 1. The summed E-state index contributed by atoms with van der Waals surface area (Å²) in [7, 11) is 0. The summed E-state index contributed by atoms with van der Waals surface area (Å²) in [6, 6.07) is 15.6. The van der Waals surface area contributed by atoms with Gasteiger partial charge in [-0.15, -0.1) is 11.3 Å². The summed E-state index contributed by atoms with van der Waals surface area (Å²) in [6.07, 6.45) is 2.87. The minimum absolute atomic E-state index is 0.0220. The second kappa shape index (κ2) is 10.7. The molecular weight excluding hydrogens is 432 g/mol. The molecule has 33 heavy (non-hydrogen) atoms. The predicted octanol–water partition coefficient (Wildman–Crippen LogP) is 5.75. The van der Waals surface area contributed by atoms with Gasteiger partial charge in [-0.25, -0.2) is 0 Å². The molecule has 0 spiro atoms. The third-order valence-corrected chi connectivity index (χ3v) is 7.01. The summed E-state index contributed by atoms with van der Waals surface area (Å²) in [5.41, 5.74) is 4.58. The van der Waals surface area contributed by atoms with Crippen molar-refractivity contribution in [2.45, 2.75) is 46.1 Å². The lowest BCUT2D eigenvalue weighted by Gasteiger charge is -2.28. The number of carbonyl (C=O) groups is 2. The van der Waals surface area contributed by atoms with E-state index in [1.54, 1.807) is 11.3 Å². The maximum absolute atomic E-state index is 13.2. The lowest BCUT2D eigenvalue weighted by molar-refractivity contribution is -0.116. The van der Waals surface area contributed by atoms with Gasteiger partial charge in [-0.05, 0) is 85.5 Å². The first kappa shape index (κ1) is 23.1. The Morgan fingerprint density at radius 1 is 1.09 bits per heavy atom. The second-order valence-electron chi connectivity index (χ2n) is 8.49. The Kier molecular flexibility index (Phi) is 7.45. The molecule has 2 heterocycles. The number of anilines is 1. The number of ether oxygens (including phenoxy) is 1. The zero-order chi connectivity index (χ0) is 23.2. The molecule has 0 fully saturated rings. The number of rotatable bonds is 8. The highest BCUT2D eigenvalue weighted by molar-refractivity contribution is 7.10. The van der Waals surface area contributed by atoms with E-state index >= 15 is 0 Å². The summed E-state index contributed by atoms with van der Waals surface area (Å²) >= 11 is 1.76. The molecule has 6 heteroatoms. The van der Waals surface area contributed by atoms with E-state index in [0.717, 1.165) is 37.1 Å². The number of hydrogen-bond acceptors (Lipinski definition) is 4. The van der Waals surface area contributed by atoms with Crippen LogP contribution in [0.15, 0.2) is 53.9 Å². The van der Waals surface area contributed by atoms with E-state index in [0.29, 0.717) is 30.8 Å². The largest absolute Gasteiger partial charge is 0.494 e. The van der Waals surface area contributed by atoms with Crippen molar-refractivity contribution in [2.75, 3.05) is 18.5 Å². The van der Waals surface area contributed by atoms with E-state index < -0.39 is 0 Å². The molecule has 5 nitrogen and oxygen atoms in total. The van der Waals surface area contributed by atoms with Gasteiger partial charge in [-0.3, -0.25) is 9.59 Å². The molecule has 1 aliphatic heterocycles. The first-order valence-electron chi connectivity index (χ1n) is 11.4. The van der Waals surface area contributed by atoms with Gasteiger partial charge in [0, 0.05) is 35.6 Å². The molecule has 172 valence electrons. The van der Waals surface area contributed by atoms with Gasteiger partial charge in [0.25, 0.3) is 5.91 Å². The topological polar surface area (TPSA) is 58.6 Å². The molecule has 1 aromatic heterocycles. The minimum atomic E-state index is -0.0425. The molecule has 4 rings (SSSR count). The lowest BCUT2D eigenvalue weighted by Crippen LogP contribution is -2.35. The van der Waals surface area contributed by atoms with Crippen LogP contribution in [0.4, 0.5) is 5.69 Å². The quantitative estimate of drug-likeness (QED) is 0.434. The van der Waals surface area contributed by atoms with Crippen LogP contribution in [0.2, 0.25) is 0 Å². The average Bonchev–Trinajstić information content (AvgIpc) is 3.28. The summed E-state index contributed by atoms with van der Waals surface area (Å²) in [5.74, 6) is 0.841. The standard InChI is InChI=1S/C27H30N2O3S/c1-19-7-5-8-22(17-19)32-15-4-3-11-26(30)28-24-10-6-9-23(20(24)2)27(31)29-14-12-25-21(18-29)13-16-33-25/h5-10,13,16-17H,3-4,11-12,14-15,18H2,1-2H3,(H,28,30). The van der Waals surface area contributed by atoms with E-state index in [2.05, 4.69) is 16.8 Å². The Morgan fingerprint density at radius 2 is 1.94 bits per heavy atom. The van der Waals surface area contributed by atoms with Crippen molar-refractivity contribution >= 4 is 28.8 Å². The third-order valence-electron chi connectivity index (χ3n) is 5.99. The number of nitrogens with one attached hydrogen (secondary N) is 1. The monoisotopic (exact) mass is 462 g/mol. The van der Waals surface area contributed by atoms with Gasteiger partial charge in [0.1, 0.15) is 5.75 Å². The summed E-state index contributed by atoms with van der Waals surface area (Å²) in [5, 5.41) is 5.08. The number of nitrogens with zero attached hydrogens (tertiary/aromatic N) is 1. The Labute approximate surface area is 199 Å². The van der Waals surface area contributed by atoms with E-state index in [-0.39, 0.29) is 11.8 Å². The van der Waals surface area contributed by atoms with Crippen molar-refractivity contribution in [3.05, 3.63) is 81.0 Å². The molecule has 3 aromatic rings. The Bertz CT molecular complexity index is 1140. The normalized spacial score (nSPS) is 12.8. The number of benzene rings is 2. The van der Waals surface area contributed by atoms with Crippen molar-refractivity contribution in [3.63, 3.8) is 0 Å². The van der Waals surface area contributed by atoms with E-state index in [1.165, 1.54) is 16.0 Å². The zero-order valence-corrected chi connectivity index (χ0v) is 20.0. The molecule has 0 aliphatic carbocycles. The van der Waals surface area contributed by atoms with E-state index in [1.807, 2.05) is 61.2 Å². The van der Waals surface area contributed by atoms with Gasteiger partial charge in [0.15, 0.2) is 0 Å². The fourth-order valence-corrected chi connectivity index (χ4v) is 4.98. The van der Waals surface area contributed by atoms with Crippen molar-refractivity contribution in [1.29, 1.82) is 0 Å². The van der Waals surface area contributed by atoms with Gasteiger partial charge >= 0.3 is 0 Å². The fourth-order valence-electron chi connectivity index (χ4n) is 4.09. The van der Waals surface area contributed by atoms with Gasteiger partial charge in [0.05, 0.1) is 6.61 Å². The number of hydrogen-bond donors (Lipinski definition) is 1. The van der Waals surface area contributed by atoms with Crippen LogP contribution in [0, 0.1) is 13.8 Å². The molecule has 0 bridgehead atoms. The van der Waals surface area contributed by atoms with Gasteiger partial charge in [-0.2, -0.15) is 0 Å². The molecule has 0 saturated carbocycles. The van der Waals surface area contributed by atoms with Crippen LogP contribution >= 0.6 is 11.3 Å². The molecule has 0 atom stereocenters. The van der Waals surface area contributed by atoms with E-state index in [9.17, 15) is 9.59 Å². The zero-order valence-electron chi connectivity index (χ0n) is 19.2. The lowest BCUT2D eigenvalue weighted by atomic mass is 10.0. The molecule has 2 aromatic carbocycles. The van der Waals surface area contributed by atoms with E-state index in [4.69, 9.17) is 4.74 Å². The maximum Gasteiger partial charge on any atom is 0.254 e. The number of carbonyl (C=O) groups excluding carboxylic acids is 2. The number of unbranched alkanes of at least 4 members (excludes halogenated alkanes) is 1. The molecular formula is C27H30N2O3S. The molecule has 0 saturated heterocycles. The number of aryl methyl sites for hydroxylation is 1. The predicted molar refractivity (Wildman–Crippen MR) is 133 cm³/mol. The van der Waals surface area contributed by atoms with Crippen LogP contribution in [0.3, 0.4) is 0 Å². The Balaban J connectivity index is 1.27. The van der Waals surface area contributed by atoms with Crippen molar-refractivity contribution < 1.29 is 14.3 Å². The second-order valence-corrected chi connectivity index (χ2v) is 9.49. The van der Waals surface area contributed by atoms with Crippen molar-refractivity contribution in [3.8, 4) is 5.75 Å². The van der Waals surface area contributed by atoms with Crippen LogP contribution in [0.5, 0.6) is 5.75 Å². The van der Waals surface area contributed by atoms with Crippen LogP contribution in [0.25, 0.3) is 0 Å². The van der Waals surface area contributed by atoms with Crippen molar-refractivity contribution in [2.24, 2.45) is 0 Å². The minimum Gasteiger partial charge on any atom is -0.494 e. The Morgan fingerprint density at radius 3 is 2.79 bits per heavy atom. The fraction of sp³-hybridized carbons (Fsp3) is 0.333. The van der Waals surface area contributed by atoms with Crippen LogP contribution in [0.1, 0.15) is 51.2 Å². The smallest absolute Gasteiger partial charge is 0.254 e. The maximum atomic E-state index is 13.2. The highest BCUT2D eigenvalue weighted by Gasteiger charge is 2.24.